The third kappa shape index (κ3) is 3.39. The van der Waals surface area contributed by atoms with Crippen LogP contribution < -0.4 is 0 Å². The Morgan fingerprint density at radius 3 is 2.21 bits per heavy atom. The van der Waals surface area contributed by atoms with Gasteiger partial charge in [0.15, 0.2) is 0 Å². The van der Waals surface area contributed by atoms with Gasteiger partial charge in [-0.2, -0.15) is 0 Å². The minimum Gasteiger partial charge on any atom is -0.437 e. The molecule has 0 aliphatic carbocycles. The topological polar surface area (TPSA) is 38.9 Å². The van der Waals surface area contributed by atoms with Gasteiger partial charge in [0.05, 0.1) is 5.69 Å². The van der Waals surface area contributed by atoms with Crippen molar-refractivity contribution < 1.29 is 4.42 Å². The fourth-order valence-corrected chi connectivity index (χ4v) is 4.43. The number of hydrogen-bond donors (Lipinski definition) is 0. The van der Waals surface area contributed by atoms with Crippen LogP contribution in [0.4, 0.5) is 0 Å². The van der Waals surface area contributed by atoms with Gasteiger partial charge in [0, 0.05) is 28.2 Å². The molecule has 0 saturated carbocycles. The predicted octanol–water partition coefficient (Wildman–Crippen LogP) is 7.99. The number of furan rings is 1. The third-order valence-corrected chi connectivity index (χ3v) is 6.19. The number of aryl methyl sites for hydroxylation is 2. The van der Waals surface area contributed by atoms with E-state index in [0.717, 1.165) is 38.9 Å². The highest BCUT2D eigenvalue weighted by Crippen LogP contribution is 2.36. The predicted molar refractivity (Wildman–Crippen MR) is 135 cm³/mol. The molecule has 0 aliphatic heterocycles. The van der Waals surface area contributed by atoms with E-state index in [-0.39, 0.29) is 0 Å². The van der Waals surface area contributed by atoms with Crippen LogP contribution in [0.1, 0.15) is 11.3 Å². The first-order valence-corrected chi connectivity index (χ1v) is 11.1. The standard InChI is InChI=1S/C30H22N2O/c1-19-18-31-28(17-27(19)23-14-12-22(13-15-23)21-7-4-3-5-8-21)26-10-6-9-24-25-16-11-20(2)32-30(25)33-29(24)26/h3-18H,1-2H3. The Kier molecular flexibility index (Phi) is 4.55. The number of benzene rings is 3. The molecule has 33 heavy (non-hydrogen) atoms. The van der Waals surface area contributed by atoms with Gasteiger partial charge < -0.3 is 4.42 Å². The normalized spacial score (nSPS) is 11.3. The van der Waals surface area contributed by atoms with Crippen LogP contribution in [0.3, 0.4) is 0 Å². The van der Waals surface area contributed by atoms with E-state index >= 15 is 0 Å². The number of hydrogen-bond acceptors (Lipinski definition) is 3. The minimum atomic E-state index is 0.668. The zero-order valence-electron chi connectivity index (χ0n) is 18.5. The summed E-state index contributed by atoms with van der Waals surface area (Å²) in [6.07, 6.45) is 1.94. The molecule has 0 radical (unpaired) electrons. The van der Waals surface area contributed by atoms with Gasteiger partial charge in [-0.1, -0.05) is 66.7 Å². The minimum absolute atomic E-state index is 0.668. The maximum absolute atomic E-state index is 6.21. The quantitative estimate of drug-likeness (QED) is 0.288. The van der Waals surface area contributed by atoms with E-state index in [1.54, 1.807) is 0 Å². The number of rotatable bonds is 3. The van der Waals surface area contributed by atoms with Crippen molar-refractivity contribution in [1.29, 1.82) is 0 Å². The number of para-hydroxylation sites is 1. The van der Waals surface area contributed by atoms with E-state index in [1.165, 1.54) is 22.3 Å². The molecule has 0 saturated heterocycles. The van der Waals surface area contributed by atoms with E-state index in [4.69, 9.17) is 9.40 Å². The van der Waals surface area contributed by atoms with Crippen molar-refractivity contribution in [2.75, 3.05) is 0 Å². The van der Waals surface area contributed by atoms with Crippen LogP contribution in [0.2, 0.25) is 0 Å². The van der Waals surface area contributed by atoms with Crippen LogP contribution in [-0.4, -0.2) is 9.97 Å². The van der Waals surface area contributed by atoms with Crippen molar-refractivity contribution in [1.82, 2.24) is 9.97 Å². The van der Waals surface area contributed by atoms with Gasteiger partial charge in [-0.3, -0.25) is 4.98 Å². The number of aromatic nitrogens is 2. The van der Waals surface area contributed by atoms with E-state index in [1.807, 2.05) is 25.3 Å². The second-order valence-corrected chi connectivity index (χ2v) is 8.42. The summed E-state index contributed by atoms with van der Waals surface area (Å²) in [6.45, 7) is 4.08. The molecule has 3 heterocycles. The molecule has 158 valence electrons. The van der Waals surface area contributed by atoms with E-state index in [0.29, 0.717) is 5.71 Å². The van der Waals surface area contributed by atoms with E-state index in [9.17, 15) is 0 Å². The van der Waals surface area contributed by atoms with Crippen LogP contribution >= 0.6 is 0 Å². The second-order valence-electron chi connectivity index (χ2n) is 8.42. The molecule has 0 aliphatic rings. The number of pyridine rings is 2. The fourth-order valence-electron chi connectivity index (χ4n) is 4.43. The fraction of sp³-hybridized carbons (Fsp3) is 0.0667. The van der Waals surface area contributed by atoms with Crippen molar-refractivity contribution >= 4 is 22.1 Å². The molecule has 0 amide bonds. The van der Waals surface area contributed by atoms with Gasteiger partial charge in [0.1, 0.15) is 5.58 Å². The highest BCUT2D eigenvalue weighted by atomic mass is 16.3. The Bertz CT molecular complexity index is 1610. The largest absolute Gasteiger partial charge is 0.437 e. The molecule has 0 fully saturated rings. The number of fused-ring (bicyclic) bond motifs is 3. The number of nitrogens with zero attached hydrogens (tertiary/aromatic N) is 2. The van der Waals surface area contributed by atoms with Gasteiger partial charge >= 0.3 is 0 Å². The molecule has 3 nitrogen and oxygen atoms in total. The van der Waals surface area contributed by atoms with Crippen LogP contribution in [0.25, 0.3) is 55.6 Å². The first kappa shape index (κ1) is 19.4. The summed E-state index contributed by atoms with van der Waals surface area (Å²) in [4.78, 5) is 9.33. The third-order valence-electron chi connectivity index (χ3n) is 6.19. The van der Waals surface area contributed by atoms with Crippen LogP contribution in [-0.2, 0) is 0 Å². The van der Waals surface area contributed by atoms with Gasteiger partial charge in [-0.15, -0.1) is 0 Å². The molecule has 3 aromatic carbocycles. The molecule has 0 atom stereocenters. The lowest BCUT2D eigenvalue weighted by molar-refractivity contribution is 0.653. The average Bonchev–Trinajstić information content (AvgIpc) is 3.23. The molecule has 3 aromatic heterocycles. The monoisotopic (exact) mass is 426 g/mol. The average molecular weight is 427 g/mol. The van der Waals surface area contributed by atoms with Gasteiger partial charge in [0.2, 0.25) is 5.71 Å². The van der Waals surface area contributed by atoms with Crippen LogP contribution in [0, 0.1) is 13.8 Å². The van der Waals surface area contributed by atoms with Crippen molar-refractivity contribution in [3.05, 3.63) is 108 Å². The van der Waals surface area contributed by atoms with Crippen molar-refractivity contribution in [3.63, 3.8) is 0 Å². The maximum atomic E-state index is 6.21. The Labute approximate surface area is 192 Å². The lowest BCUT2D eigenvalue weighted by atomic mass is 9.96. The molecular weight excluding hydrogens is 404 g/mol. The van der Waals surface area contributed by atoms with E-state index in [2.05, 4.69) is 90.8 Å². The molecule has 0 bridgehead atoms. The van der Waals surface area contributed by atoms with E-state index < -0.39 is 0 Å². The summed E-state index contributed by atoms with van der Waals surface area (Å²) in [7, 11) is 0. The summed E-state index contributed by atoms with van der Waals surface area (Å²) in [6, 6.07) is 31.6. The van der Waals surface area contributed by atoms with Gasteiger partial charge in [0.25, 0.3) is 0 Å². The van der Waals surface area contributed by atoms with Gasteiger partial charge in [-0.05, 0) is 65.9 Å². The summed E-state index contributed by atoms with van der Waals surface area (Å²) in [5.74, 6) is 0. The zero-order chi connectivity index (χ0) is 22.4. The molecule has 6 rings (SSSR count). The summed E-state index contributed by atoms with van der Waals surface area (Å²) < 4.78 is 6.21. The highest BCUT2D eigenvalue weighted by molar-refractivity contribution is 6.08. The Morgan fingerprint density at radius 2 is 1.39 bits per heavy atom. The van der Waals surface area contributed by atoms with Crippen molar-refractivity contribution in [3.8, 4) is 33.5 Å². The molecule has 3 heteroatoms. The molecular formula is C30H22N2O. The second kappa shape index (κ2) is 7.72. The van der Waals surface area contributed by atoms with Crippen LogP contribution in [0.5, 0.6) is 0 Å². The highest BCUT2D eigenvalue weighted by Gasteiger charge is 2.15. The first-order valence-electron chi connectivity index (χ1n) is 11.1. The lowest BCUT2D eigenvalue weighted by Crippen LogP contribution is -1.90. The summed E-state index contributed by atoms with van der Waals surface area (Å²) in [5.41, 5.74) is 10.2. The van der Waals surface area contributed by atoms with Crippen molar-refractivity contribution in [2.24, 2.45) is 0 Å². The Morgan fingerprint density at radius 1 is 0.636 bits per heavy atom. The van der Waals surface area contributed by atoms with Crippen molar-refractivity contribution in [2.45, 2.75) is 13.8 Å². The Balaban J connectivity index is 1.46. The molecule has 0 unspecified atom stereocenters. The van der Waals surface area contributed by atoms with Gasteiger partial charge in [-0.25, -0.2) is 4.98 Å². The maximum Gasteiger partial charge on any atom is 0.227 e. The summed E-state index contributed by atoms with van der Waals surface area (Å²) in [5, 5.41) is 2.09. The SMILES string of the molecule is Cc1ccc2c(n1)oc1c(-c3cc(-c4ccc(-c5ccccc5)cc4)c(C)cn3)cccc12. The molecule has 6 aromatic rings. The Hall–Kier alpha value is -4.24. The molecule has 0 spiro atoms. The summed E-state index contributed by atoms with van der Waals surface area (Å²) >= 11 is 0. The zero-order valence-corrected chi connectivity index (χ0v) is 18.5. The van der Waals surface area contributed by atoms with Crippen LogP contribution in [0.15, 0.2) is 102 Å². The smallest absolute Gasteiger partial charge is 0.227 e. The lowest BCUT2D eigenvalue weighted by Gasteiger charge is -2.10. The first-order chi connectivity index (χ1) is 16.2. The molecule has 0 N–H and O–H groups in total.